The molecule has 0 spiro atoms. The quantitative estimate of drug-likeness (QED) is 0.109. The van der Waals surface area contributed by atoms with Crippen LogP contribution in [-0.4, -0.2) is 58.8 Å². The number of aryl methyl sites for hydroxylation is 1. The van der Waals surface area contributed by atoms with Crippen LogP contribution in [0.2, 0.25) is 0 Å². The van der Waals surface area contributed by atoms with Gasteiger partial charge in [0.2, 0.25) is 0 Å². The second-order valence-electron chi connectivity index (χ2n) is 14.6. The van der Waals surface area contributed by atoms with Gasteiger partial charge < -0.3 is 19.9 Å². The SMILES string of the molecule is Cc1ccc(-c2cc3[nH]c2/C=c2/cc/c([nH]2)=C(\c2ccc(S(=O)(=O)O)cc2)c2ccc([nH]2)/C=c2\[nH]/c(cc2-c2ccc(S(=O)(=O)O)cc2)=C\3c2ccc(S(=O)(=O)O)cc2)cc1. The van der Waals surface area contributed by atoms with Crippen molar-refractivity contribution in [3.63, 3.8) is 0 Å². The van der Waals surface area contributed by atoms with E-state index in [0.29, 0.717) is 66.5 Å². The molecule has 16 heteroatoms. The van der Waals surface area contributed by atoms with E-state index in [0.717, 1.165) is 27.7 Å². The van der Waals surface area contributed by atoms with Crippen molar-refractivity contribution in [2.75, 3.05) is 0 Å². The Morgan fingerprint density at radius 2 is 0.934 bits per heavy atom. The van der Waals surface area contributed by atoms with Crippen molar-refractivity contribution < 1.29 is 38.9 Å². The summed E-state index contributed by atoms with van der Waals surface area (Å²) in [5.41, 5.74) is 9.39. The average molecular weight is 871 g/mol. The largest absolute Gasteiger partial charge is 0.355 e. The van der Waals surface area contributed by atoms with Crippen LogP contribution in [0.1, 0.15) is 39.5 Å². The zero-order chi connectivity index (χ0) is 42.8. The smallest absolute Gasteiger partial charge is 0.294 e. The van der Waals surface area contributed by atoms with Gasteiger partial charge in [0, 0.05) is 66.4 Å². The van der Waals surface area contributed by atoms with Crippen LogP contribution in [0.4, 0.5) is 0 Å². The number of H-pyrrole nitrogens is 4. The van der Waals surface area contributed by atoms with E-state index in [1.165, 1.54) is 36.4 Å². The van der Waals surface area contributed by atoms with Gasteiger partial charge in [0.15, 0.2) is 0 Å². The first-order valence-electron chi connectivity index (χ1n) is 18.6. The molecule has 0 fully saturated rings. The van der Waals surface area contributed by atoms with Gasteiger partial charge >= 0.3 is 0 Å². The lowest BCUT2D eigenvalue weighted by molar-refractivity contribution is 0.481. The third-order valence-corrected chi connectivity index (χ3v) is 13.1. The fourth-order valence-electron chi connectivity index (χ4n) is 7.55. The third-order valence-electron chi connectivity index (χ3n) is 10.5. The Morgan fingerprint density at radius 1 is 0.426 bits per heavy atom. The van der Waals surface area contributed by atoms with Crippen LogP contribution in [0.15, 0.2) is 148 Å². The van der Waals surface area contributed by atoms with Crippen LogP contribution in [0.3, 0.4) is 0 Å². The molecule has 9 rings (SSSR count). The molecule has 4 aromatic heterocycles. The first-order chi connectivity index (χ1) is 29.0. The Hall–Kier alpha value is -6.79. The summed E-state index contributed by atoms with van der Waals surface area (Å²) in [4.78, 5) is 13.4. The van der Waals surface area contributed by atoms with E-state index in [9.17, 15) is 38.9 Å². The topological polar surface area (TPSA) is 226 Å². The summed E-state index contributed by atoms with van der Waals surface area (Å²) in [6.07, 6.45) is 3.83. The van der Waals surface area contributed by atoms with Crippen molar-refractivity contribution in [2.24, 2.45) is 0 Å². The molecule has 8 aromatic rings. The summed E-state index contributed by atoms with van der Waals surface area (Å²) in [7, 11) is -13.4. The number of hydrogen-bond acceptors (Lipinski definition) is 6. The van der Waals surface area contributed by atoms with E-state index in [2.05, 4.69) is 19.9 Å². The van der Waals surface area contributed by atoms with Crippen LogP contribution in [0, 0.1) is 6.92 Å². The molecule has 13 nitrogen and oxygen atoms in total. The number of aromatic nitrogens is 4. The van der Waals surface area contributed by atoms with Crippen molar-refractivity contribution in [1.29, 1.82) is 0 Å². The minimum atomic E-state index is -4.49. The predicted octanol–water partition coefficient (Wildman–Crippen LogP) is 4.85. The van der Waals surface area contributed by atoms with Gasteiger partial charge in [0.1, 0.15) is 0 Å². The Labute approximate surface area is 349 Å². The Bertz CT molecular complexity index is 3640. The van der Waals surface area contributed by atoms with Crippen molar-refractivity contribution in [1.82, 2.24) is 19.9 Å². The van der Waals surface area contributed by atoms with Gasteiger partial charge in [0.05, 0.1) is 14.7 Å². The summed E-state index contributed by atoms with van der Waals surface area (Å²) >= 11 is 0. The zero-order valence-corrected chi connectivity index (χ0v) is 34.3. The van der Waals surface area contributed by atoms with E-state index in [1.807, 2.05) is 79.7 Å². The molecule has 0 radical (unpaired) electrons. The molecule has 4 aromatic carbocycles. The number of aromatic amines is 4. The fraction of sp³-hybridized carbons (Fsp3) is 0.0222. The number of benzene rings is 4. The molecule has 0 aliphatic carbocycles. The molecule has 0 saturated carbocycles. The lowest BCUT2D eigenvalue weighted by Gasteiger charge is -2.07. The number of hydrogen-bond donors (Lipinski definition) is 7. The highest BCUT2D eigenvalue weighted by Gasteiger charge is 2.20. The van der Waals surface area contributed by atoms with E-state index in [1.54, 1.807) is 36.4 Å². The van der Waals surface area contributed by atoms with Gasteiger partial charge in [-0.25, -0.2) is 0 Å². The fourth-order valence-corrected chi connectivity index (χ4v) is 8.99. The van der Waals surface area contributed by atoms with Crippen LogP contribution in [-0.2, 0) is 30.4 Å². The molecule has 0 amide bonds. The molecule has 0 saturated heterocycles. The molecular formula is C45H34N4O9S3. The van der Waals surface area contributed by atoms with Crippen molar-refractivity contribution in [2.45, 2.75) is 21.6 Å². The van der Waals surface area contributed by atoms with Gasteiger partial charge in [-0.15, -0.1) is 0 Å². The molecule has 7 N–H and O–H groups in total. The summed E-state index contributed by atoms with van der Waals surface area (Å²) in [6, 6.07) is 37.1. The summed E-state index contributed by atoms with van der Waals surface area (Å²) in [6.45, 7) is 2.00. The van der Waals surface area contributed by atoms with Gasteiger partial charge in [0.25, 0.3) is 30.4 Å². The normalized spacial score (nSPS) is 16.1. The molecule has 8 bridgehead atoms. The molecule has 306 valence electrons. The standard InChI is InChI=1S/C45H34N4O9S3/c1-26-2-4-27(5-3-26)36-24-42-45(30-10-18-35(19-11-30)61(56,57)58)43-25-37(28-6-14-33(15-7-28)59(50,51)52)41(49-43)23-32-13-21-39(47-32)44(29-8-16-34(17-9-29)60(53,54)55)38-20-12-31(46-38)22-40(36)48-42/h2-25,46-49H,1H3,(H,50,51,52)(H,53,54,55)(H,56,57,58)/b31-22-,32-23?,40-22?,41-23-,44-38-,44-39?,45-42?,45-43-. The Balaban J connectivity index is 1.39. The van der Waals surface area contributed by atoms with E-state index in [4.69, 9.17) is 0 Å². The number of rotatable bonds is 7. The van der Waals surface area contributed by atoms with Gasteiger partial charge in [-0.3, -0.25) is 13.7 Å². The second-order valence-corrected chi connectivity index (χ2v) is 18.8. The monoisotopic (exact) mass is 870 g/mol. The molecule has 0 atom stereocenters. The van der Waals surface area contributed by atoms with Crippen molar-refractivity contribution >= 4 is 53.7 Å². The van der Waals surface area contributed by atoms with Crippen LogP contribution >= 0.6 is 0 Å². The van der Waals surface area contributed by atoms with E-state index in [-0.39, 0.29) is 14.7 Å². The maximum atomic E-state index is 12.1. The average Bonchev–Trinajstić information content (AvgIpc) is 4.04. The second kappa shape index (κ2) is 14.7. The molecule has 1 aliphatic heterocycles. The van der Waals surface area contributed by atoms with Crippen molar-refractivity contribution in [3.05, 3.63) is 194 Å². The highest BCUT2D eigenvalue weighted by molar-refractivity contribution is 7.86. The number of fused-ring (bicyclic) bond motifs is 8. The molecule has 61 heavy (non-hydrogen) atoms. The molecule has 5 heterocycles. The molecule has 0 unspecified atom stereocenters. The lowest BCUT2D eigenvalue weighted by Crippen LogP contribution is -2.16. The van der Waals surface area contributed by atoms with Gasteiger partial charge in [-0.2, -0.15) is 25.3 Å². The highest BCUT2D eigenvalue weighted by atomic mass is 32.2. The Kier molecular flexibility index (Phi) is 9.58. The van der Waals surface area contributed by atoms with E-state index < -0.39 is 30.4 Å². The summed E-state index contributed by atoms with van der Waals surface area (Å²) in [5.74, 6) is 0. The van der Waals surface area contributed by atoms with Gasteiger partial charge in [-0.1, -0.05) is 66.2 Å². The minimum Gasteiger partial charge on any atom is -0.355 e. The summed E-state index contributed by atoms with van der Waals surface area (Å²) in [5, 5.41) is 2.62. The van der Waals surface area contributed by atoms with E-state index >= 15 is 0 Å². The highest BCUT2D eigenvalue weighted by Crippen LogP contribution is 2.32. The molecular weight excluding hydrogens is 837 g/mol. The third kappa shape index (κ3) is 7.86. The van der Waals surface area contributed by atoms with Gasteiger partial charge in [-0.05, 0) is 114 Å². The maximum Gasteiger partial charge on any atom is 0.294 e. The predicted molar refractivity (Wildman–Crippen MR) is 230 cm³/mol. The maximum absolute atomic E-state index is 12.1. The van der Waals surface area contributed by atoms with Crippen molar-refractivity contribution in [3.8, 4) is 22.3 Å². The molecule has 1 aliphatic rings. The lowest BCUT2D eigenvalue weighted by atomic mass is 9.99. The van der Waals surface area contributed by atoms with Crippen LogP contribution < -0.4 is 21.4 Å². The first-order valence-corrected chi connectivity index (χ1v) is 22.9. The van der Waals surface area contributed by atoms with Crippen LogP contribution in [0.5, 0.6) is 0 Å². The minimum absolute atomic E-state index is 0.248. The summed E-state index contributed by atoms with van der Waals surface area (Å²) < 4.78 is 101. The number of nitrogens with one attached hydrogen (secondary N) is 4. The Morgan fingerprint density at radius 3 is 1.49 bits per heavy atom. The first kappa shape index (κ1) is 39.7. The van der Waals surface area contributed by atoms with Crippen LogP contribution in [0.25, 0.3) is 45.6 Å². The zero-order valence-electron chi connectivity index (χ0n) is 31.9.